The molecule has 2 aromatic carbocycles. The first kappa shape index (κ1) is 19.6. The highest BCUT2D eigenvalue weighted by Gasteiger charge is 2.19. The topological polar surface area (TPSA) is 83.6 Å². The average molecular weight is 378 g/mol. The van der Waals surface area contributed by atoms with Crippen molar-refractivity contribution in [2.24, 2.45) is 0 Å². The SMILES string of the molecule is CC(=O)c1ccc(N(CCC(=O)Nc2ccccc2F)S(C)(=O)=O)cc1. The van der Waals surface area contributed by atoms with Gasteiger partial charge in [0.1, 0.15) is 5.82 Å². The number of Topliss-reactive ketones (excluding diaryl/α,β-unsaturated/α-hetero) is 1. The van der Waals surface area contributed by atoms with Gasteiger partial charge in [-0.25, -0.2) is 12.8 Å². The Labute approximate surface area is 151 Å². The van der Waals surface area contributed by atoms with Gasteiger partial charge in [-0.2, -0.15) is 0 Å². The van der Waals surface area contributed by atoms with E-state index in [0.29, 0.717) is 11.3 Å². The normalized spacial score (nSPS) is 11.0. The molecule has 0 aliphatic carbocycles. The molecular formula is C18H19FN2O4S. The second-order valence-electron chi connectivity index (χ2n) is 5.72. The number of benzene rings is 2. The van der Waals surface area contributed by atoms with Crippen LogP contribution in [0.15, 0.2) is 48.5 Å². The van der Waals surface area contributed by atoms with Gasteiger partial charge in [-0.15, -0.1) is 0 Å². The van der Waals surface area contributed by atoms with Crippen LogP contribution in [-0.4, -0.2) is 32.9 Å². The number of ketones is 1. The summed E-state index contributed by atoms with van der Waals surface area (Å²) in [6, 6.07) is 11.8. The Balaban J connectivity index is 2.10. The number of carbonyl (C=O) groups excluding carboxylic acids is 2. The van der Waals surface area contributed by atoms with Gasteiger partial charge in [-0.05, 0) is 43.3 Å². The molecule has 0 saturated carbocycles. The van der Waals surface area contributed by atoms with Gasteiger partial charge in [0.2, 0.25) is 15.9 Å². The number of para-hydroxylation sites is 1. The summed E-state index contributed by atoms with van der Waals surface area (Å²) < 4.78 is 38.7. The van der Waals surface area contributed by atoms with E-state index in [-0.39, 0.29) is 24.4 Å². The summed E-state index contributed by atoms with van der Waals surface area (Å²) in [5.74, 6) is -1.21. The smallest absolute Gasteiger partial charge is 0.232 e. The Morgan fingerprint density at radius 1 is 1.08 bits per heavy atom. The van der Waals surface area contributed by atoms with E-state index in [2.05, 4.69) is 5.32 Å². The van der Waals surface area contributed by atoms with Crippen molar-refractivity contribution in [1.82, 2.24) is 0 Å². The minimum atomic E-state index is -3.63. The molecule has 1 N–H and O–H groups in total. The van der Waals surface area contributed by atoms with Crippen LogP contribution in [0.2, 0.25) is 0 Å². The first-order chi connectivity index (χ1) is 12.2. The van der Waals surface area contributed by atoms with Crippen molar-refractivity contribution in [3.63, 3.8) is 0 Å². The van der Waals surface area contributed by atoms with Crippen LogP contribution in [0, 0.1) is 5.82 Å². The summed E-state index contributed by atoms with van der Waals surface area (Å²) in [6.07, 6.45) is 0.872. The lowest BCUT2D eigenvalue weighted by Gasteiger charge is -2.22. The monoisotopic (exact) mass is 378 g/mol. The molecule has 2 rings (SSSR count). The van der Waals surface area contributed by atoms with E-state index in [0.717, 1.165) is 10.6 Å². The second kappa shape index (κ2) is 8.09. The van der Waals surface area contributed by atoms with Crippen LogP contribution in [0.4, 0.5) is 15.8 Å². The van der Waals surface area contributed by atoms with Crippen LogP contribution in [-0.2, 0) is 14.8 Å². The lowest BCUT2D eigenvalue weighted by atomic mass is 10.1. The molecule has 6 nitrogen and oxygen atoms in total. The zero-order valence-electron chi connectivity index (χ0n) is 14.4. The number of carbonyl (C=O) groups is 2. The quantitative estimate of drug-likeness (QED) is 0.751. The zero-order valence-corrected chi connectivity index (χ0v) is 15.2. The van der Waals surface area contributed by atoms with E-state index < -0.39 is 21.7 Å². The third-order valence-corrected chi connectivity index (χ3v) is 4.85. The minimum Gasteiger partial charge on any atom is -0.324 e. The number of rotatable bonds is 7. The van der Waals surface area contributed by atoms with Crippen molar-refractivity contribution in [3.05, 3.63) is 59.9 Å². The molecule has 26 heavy (non-hydrogen) atoms. The summed E-state index contributed by atoms with van der Waals surface area (Å²) in [7, 11) is -3.63. The molecular weight excluding hydrogens is 359 g/mol. The van der Waals surface area contributed by atoms with Crippen molar-refractivity contribution in [2.75, 3.05) is 22.4 Å². The van der Waals surface area contributed by atoms with Gasteiger partial charge in [0, 0.05) is 18.5 Å². The standard InChI is InChI=1S/C18H19FN2O4S/c1-13(22)14-7-9-15(10-8-14)21(26(2,24)25)12-11-18(23)20-17-6-4-3-5-16(17)19/h3-10H,11-12H2,1-2H3,(H,20,23). The lowest BCUT2D eigenvalue weighted by Crippen LogP contribution is -2.33. The summed E-state index contributed by atoms with van der Waals surface area (Å²) in [5, 5.41) is 2.41. The molecule has 8 heteroatoms. The minimum absolute atomic E-state index is 0.0363. The fourth-order valence-corrected chi connectivity index (χ4v) is 3.25. The number of anilines is 2. The van der Waals surface area contributed by atoms with Crippen LogP contribution in [0.5, 0.6) is 0 Å². The largest absolute Gasteiger partial charge is 0.324 e. The highest BCUT2D eigenvalue weighted by atomic mass is 32.2. The Hall–Kier alpha value is -2.74. The van der Waals surface area contributed by atoms with Gasteiger partial charge in [-0.3, -0.25) is 13.9 Å². The van der Waals surface area contributed by atoms with Gasteiger partial charge in [0.05, 0.1) is 17.6 Å². The van der Waals surface area contributed by atoms with Gasteiger partial charge >= 0.3 is 0 Å². The molecule has 0 aliphatic rings. The molecule has 0 radical (unpaired) electrons. The molecule has 0 fully saturated rings. The number of hydrogen-bond donors (Lipinski definition) is 1. The Bertz CT molecular complexity index is 911. The van der Waals surface area contributed by atoms with Crippen LogP contribution >= 0.6 is 0 Å². The van der Waals surface area contributed by atoms with Crippen LogP contribution in [0.25, 0.3) is 0 Å². The van der Waals surface area contributed by atoms with Crippen LogP contribution < -0.4 is 9.62 Å². The van der Waals surface area contributed by atoms with Crippen LogP contribution in [0.3, 0.4) is 0 Å². The van der Waals surface area contributed by atoms with Gasteiger partial charge < -0.3 is 5.32 Å². The molecule has 0 spiro atoms. The van der Waals surface area contributed by atoms with E-state index >= 15 is 0 Å². The molecule has 138 valence electrons. The average Bonchev–Trinajstić information content (AvgIpc) is 2.56. The number of hydrogen-bond acceptors (Lipinski definition) is 4. The number of nitrogens with zero attached hydrogens (tertiary/aromatic N) is 1. The summed E-state index contributed by atoms with van der Waals surface area (Å²) in [6.45, 7) is 1.30. The van der Waals surface area contributed by atoms with Gasteiger partial charge in [-0.1, -0.05) is 12.1 Å². The molecule has 1 amide bonds. The van der Waals surface area contributed by atoms with Gasteiger partial charge in [0.25, 0.3) is 0 Å². The van der Waals surface area contributed by atoms with Crippen molar-refractivity contribution in [3.8, 4) is 0 Å². The molecule has 0 atom stereocenters. The predicted molar refractivity (Wildman–Crippen MR) is 98.3 cm³/mol. The molecule has 0 heterocycles. The highest BCUT2D eigenvalue weighted by Crippen LogP contribution is 2.19. The third kappa shape index (κ3) is 5.13. The first-order valence-electron chi connectivity index (χ1n) is 7.81. The molecule has 0 aromatic heterocycles. The first-order valence-corrected chi connectivity index (χ1v) is 9.66. The van der Waals surface area contributed by atoms with Crippen molar-refractivity contribution < 1.29 is 22.4 Å². The fourth-order valence-electron chi connectivity index (χ4n) is 2.33. The maximum absolute atomic E-state index is 13.6. The van der Waals surface area contributed by atoms with E-state index in [9.17, 15) is 22.4 Å². The third-order valence-electron chi connectivity index (χ3n) is 3.65. The van der Waals surface area contributed by atoms with Crippen molar-refractivity contribution in [1.29, 1.82) is 0 Å². The Kier molecular flexibility index (Phi) is 6.10. The lowest BCUT2D eigenvalue weighted by molar-refractivity contribution is -0.116. The van der Waals surface area contributed by atoms with Crippen LogP contribution in [0.1, 0.15) is 23.7 Å². The number of amides is 1. The second-order valence-corrected chi connectivity index (χ2v) is 7.62. The fraction of sp³-hybridized carbons (Fsp3) is 0.222. The number of nitrogens with one attached hydrogen (secondary N) is 1. The van der Waals surface area contributed by atoms with Crippen molar-refractivity contribution in [2.45, 2.75) is 13.3 Å². The number of halogens is 1. The van der Waals surface area contributed by atoms with E-state index in [1.807, 2.05) is 0 Å². The zero-order chi connectivity index (χ0) is 19.3. The highest BCUT2D eigenvalue weighted by molar-refractivity contribution is 7.92. The maximum Gasteiger partial charge on any atom is 0.232 e. The van der Waals surface area contributed by atoms with E-state index in [1.165, 1.54) is 49.4 Å². The molecule has 0 unspecified atom stereocenters. The van der Waals surface area contributed by atoms with Crippen molar-refractivity contribution >= 4 is 33.1 Å². The van der Waals surface area contributed by atoms with Gasteiger partial charge in [0.15, 0.2) is 5.78 Å². The number of sulfonamides is 1. The molecule has 0 aliphatic heterocycles. The summed E-state index contributed by atoms with van der Waals surface area (Å²) in [5.41, 5.74) is 0.838. The van der Waals surface area contributed by atoms with E-state index in [1.54, 1.807) is 6.07 Å². The molecule has 0 bridgehead atoms. The maximum atomic E-state index is 13.6. The Morgan fingerprint density at radius 2 is 1.69 bits per heavy atom. The molecule has 2 aromatic rings. The predicted octanol–water partition coefficient (Wildman–Crippen LogP) is 2.82. The summed E-state index contributed by atoms with van der Waals surface area (Å²) >= 11 is 0. The summed E-state index contributed by atoms with van der Waals surface area (Å²) in [4.78, 5) is 23.4. The molecule has 0 saturated heterocycles. The van der Waals surface area contributed by atoms with E-state index in [4.69, 9.17) is 0 Å². The Morgan fingerprint density at radius 3 is 2.23 bits per heavy atom.